The summed E-state index contributed by atoms with van der Waals surface area (Å²) in [6.45, 7) is 0.768. The number of hydrogen-bond donors (Lipinski definition) is 2. The molecule has 0 spiro atoms. The van der Waals surface area contributed by atoms with Crippen molar-refractivity contribution in [3.63, 3.8) is 0 Å². The molecule has 2 aromatic carbocycles. The number of fused-ring (bicyclic) bond motifs is 1. The third-order valence-electron chi connectivity index (χ3n) is 3.47. The van der Waals surface area contributed by atoms with E-state index in [1.165, 1.54) is 6.07 Å². The summed E-state index contributed by atoms with van der Waals surface area (Å²) in [4.78, 5) is 4.31. The standard InChI is InChI=1S/C17H16FN3/c18-15-9-12(10-19)5-6-13(15)11-21-17-7-8-20-16-4-2-1-3-14(16)17/h1-9H,10-11,19H2,(H,20,21). The van der Waals surface area contributed by atoms with Gasteiger partial charge in [-0.1, -0.05) is 30.3 Å². The number of hydrogen-bond acceptors (Lipinski definition) is 3. The van der Waals surface area contributed by atoms with Crippen LogP contribution in [-0.4, -0.2) is 4.98 Å². The molecule has 0 radical (unpaired) electrons. The number of benzene rings is 2. The first-order valence-electron chi connectivity index (χ1n) is 6.83. The highest BCUT2D eigenvalue weighted by Crippen LogP contribution is 2.22. The molecule has 0 aliphatic heterocycles. The third-order valence-corrected chi connectivity index (χ3v) is 3.47. The van der Waals surface area contributed by atoms with E-state index in [4.69, 9.17) is 5.73 Å². The van der Waals surface area contributed by atoms with Gasteiger partial charge in [-0.3, -0.25) is 4.98 Å². The van der Waals surface area contributed by atoms with E-state index in [0.717, 1.165) is 22.2 Å². The maximum Gasteiger partial charge on any atom is 0.128 e. The van der Waals surface area contributed by atoms with Crippen molar-refractivity contribution in [3.05, 3.63) is 71.7 Å². The molecule has 3 nitrogen and oxygen atoms in total. The lowest BCUT2D eigenvalue weighted by Crippen LogP contribution is -2.04. The van der Waals surface area contributed by atoms with E-state index in [2.05, 4.69) is 10.3 Å². The summed E-state index contributed by atoms with van der Waals surface area (Å²) in [5, 5.41) is 4.30. The predicted molar refractivity (Wildman–Crippen MR) is 83.4 cm³/mol. The number of anilines is 1. The minimum absolute atomic E-state index is 0.233. The lowest BCUT2D eigenvalue weighted by molar-refractivity contribution is 0.610. The molecule has 3 N–H and O–H groups in total. The fourth-order valence-electron chi connectivity index (χ4n) is 2.30. The minimum Gasteiger partial charge on any atom is -0.380 e. The van der Waals surface area contributed by atoms with Gasteiger partial charge in [0.2, 0.25) is 0 Å². The van der Waals surface area contributed by atoms with E-state index in [9.17, 15) is 4.39 Å². The quantitative estimate of drug-likeness (QED) is 0.770. The van der Waals surface area contributed by atoms with Gasteiger partial charge in [0.15, 0.2) is 0 Å². The van der Waals surface area contributed by atoms with Crippen LogP contribution in [0.25, 0.3) is 10.9 Å². The molecule has 21 heavy (non-hydrogen) atoms. The van der Waals surface area contributed by atoms with Crippen LogP contribution in [0.3, 0.4) is 0 Å². The van der Waals surface area contributed by atoms with Crippen LogP contribution in [0.5, 0.6) is 0 Å². The van der Waals surface area contributed by atoms with Crippen LogP contribution in [0.1, 0.15) is 11.1 Å². The molecule has 4 heteroatoms. The monoisotopic (exact) mass is 281 g/mol. The Bertz CT molecular complexity index is 766. The molecule has 0 saturated heterocycles. The highest BCUT2D eigenvalue weighted by atomic mass is 19.1. The number of aromatic nitrogens is 1. The van der Waals surface area contributed by atoms with Crippen LogP contribution >= 0.6 is 0 Å². The first-order valence-corrected chi connectivity index (χ1v) is 6.83. The molecular weight excluding hydrogens is 265 g/mol. The topological polar surface area (TPSA) is 50.9 Å². The zero-order valence-corrected chi connectivity index (χ0v) is 11.5. The molecule has 0 fully saturated rings. The number of halogens is 1. The van der Waals surface area contributed by atoms with Gasteiger partial charge in [-0.15, -0.1) is 0 Å². The van der Waals surface area contributed by atoms with Gasteiger partial charge >= 0.3 is 0 Å². The van der Waals surface area contributed by atoms with Crippen molar-refractivity contribution < 1.29 is 4.39 Å². The van der Waals surface area contributed by atoms with E-state index >= 15 is 0 Å². The molecule has 0 unspecified atom stereocenters. The van der Waals surface area contributed by atoms with Crippen molar-refractivity contribution in [2.24, 2.45) is 5.73 Å². The molecule has 0 amide bonds. The van der Waals surface area contributed by atoms with Gasteiger partial charge in [0.05, 0.1) is 5.52 Å². The number of nitrogens with one attached hydrogen (secondary N) is 1. The predicted octanol–water partition coefficient (Wildman–Crippen LogP) is 3.44. The van der Waals surface area contributed by atoms with Crippen molar-refractivity contribution in [3.8, 4) is 0 Å². The lowest BCUT2D eigenvalue weighted by atomic mass is 10.1. The Morgan fingerprint density at radius 2 is 1.95 bits per heavy atom. The van der Waals surface area contributed by atoms with Crippen LogP contribution in [0.4, 0.5) is 10.1 Å². The summed E-state index contributed by atoms with van der Waals surface area (Å²) in [7, 11) is 0. The van der Waals surface area contributed by atoms with Crippen LogP contribution in [-0.2, 0) is 13.1 Å². The molecule has 1 heterocycles. The molecule has 106 valence electrons. The van der Waals surface area contributed by atoms with E-state index < -0.39 is 0 Å². The van der Waals surface area contributed by atoms with Crippen molar-refractivity contribution >= 4 is 16.6 Å². The second-order valence-corrected chi connectivity index (χ2v) is 4.86. The largest absolute Gasteiger partial charge is 0.380 e. The van der Waals surface area contributed by atoms with Gasteiger partial charge in [-0.2, -0.15) is 0 Å². The number of para-hydroxylation sites is 1. The fourth-order valence-corrected chi connectivity index (χ4v) is 2.30. The van der Waals surface area contributed by atoms with Gasteiger partial charge in [-0.05, 0) is 23.8 Å². The molecular formula is C17H16FN3. The normalized spacial score (nSPS) is 10.8. The van der Waals surface area contributed by atoms with Crippen LogP contribution in [0.2, 0.25) is 0 Å². The number of nitrogens with zero attached hydrogens (tertiary/aromatic N) is 1. The summed E-state index contributed by atoms with van der Waals surface area (Å²) in [5.74, 6) is -0.233. The number of pyridine rings is 1. The van der Waals surface area contributed by atoms with Crippen LogP contribution in [0, 0.1) is 5.82 Å². The summed E-state index contributed by atoms with van der Waals surface area (Å²) >= 11 is 0. The number of rotatable bonds is 4. The summed E-state index contributed by atoms with van der Waals surface area (Å²) in [6, 6.07) is 14.9. The van der Waals surface area contributed by atoms with Crippen molar-refractivity contribution in [2.45, 2.75) is 13.1 Å². The lowest BCUT2D eigenvalue weighted by Gasteiger charge is -2.10. The van der Waals surface area contributed by atoms with Crippen molar-refractivity contribution in [2.75, 3.05) is 5.32 Å². The first-order chi connectivity index (χ1) is 10.3. The third kappa shape index (κ3) is 2.85. The summed E-state index contributed by atoms with van der Waals surface area (Å²) in [6.07, 6.45) is 1.75. The minimum atomic E-state index is -0.233. The Balaban J connectivity index is 1.84. The molecule has 0 aliphatic carbocycles. The Kier molecular flexibility index (Phi) is 3.79. The first kappa shape index (κ1) is 13.5. The molecule has 0 bridgehead atoms. The van der Waals surface area contributed by atoms with E-state index in [1.54, 1.807) is 12.3 Å². The van der Waals surface area contributed by atoms with Crippen molar-refractivity contribution in [1.29, 1.82) is 0 Å². The van der Waals surface area contributed by atoms with Gasteiger partial charge in [0, 0.05) is 35.9 Å². The van der Waals surface area contributed by atoms with Crippen LogP contribution in [0.15, 0.2) is 54.7 Å². The Morgan fingerprint density at radius 1 is 1.10 bits per heavy atom. The summed E-state index contributed by atoms with van der Waals surface area (Å²) < 4.78 is 13.9. The maximum absolute atomic E-state index is 13.9. The van der Waals surface area contributed by atoms with Gasteiger partial charge in [-0.25, -0.2) is 4.39 Å². The highest BCUT2D eigenvalue weighted by molar-refractivity contribution is 5.90. The second kappa shape index (κ2) is 5.89. The Morgan fingerprint density at radius 3 is 2.76 bits per heavy atom. The van der Waals surface area contributed by atoms with Crippen molar-refractivity contribution in [1.82, 2.24) is 4.98 Å². The average Bonchev–Trinajstić information content (AvgIpc) is 2.53. The highest BCUT2D eigenvalue weighted by Gasteiger charge is 2.05. The van der Waals surface area contributed by atoms with Crippen LogP contribution < -0.4 is 11.1 Å². The van der Waals surface area contributed by atoms with Gasteiger partial charge in [0.1, 0.15) is 5.82 Å². The molecule has 3 rings (SSSR count). The molecule has 0 saturated carbocycles. The average molecular weight is 281 g/mol. The van der Waals surface area contributed by atoms with E-state index in [0.29, 0.717) is 18.7 Å². The Labute approximate surface area is 122 Å². The number of nitrogens with two attached hydrogens (primary N) is 1. The second-order valence-electron chi connectivity index (χ2n) is 4.86. The molecule has 0 atom stereocenters. The van der Waals surface area contributed by atoms with E-state index in [-0.39, 0.29) is 5.82 Å². The van der Waals surface area contributed by atoms with Gasteiger partial charge in [0.25, 0.3) is 0 Å². The molecule has 1 aromatic heterocycles. The molecule has 0 aliphatic rings. The van der Waals surface area contributed by atoms with Gasteiger partial charge < -0.3 is 11.1 Å². The fraction of sp³-hybridized carbons (Fsp3) is 0.118. The zero-order valence-electron chi connectivity index (χ0n) is 11.5. The van der Waals surface area contributed by atoms with E-state index in [1.807, 2.05) is 36.4 Å². The zero-order chi connectivity index (χ0) is 14.7. The summed E-state index contributed by atoms with van der Waals surface area (Å²) in [5.41, 5.74) is 8.79. The SMILES string of the molecule is NCc1ccc(CNc2ccnc3ccccc23)c(F)c1. The smallest absolute Gasteiger partial charge is 0.128 e. The molecule has 3 aromatic rings. The maximum atomic E-state index is 13.9. The Hall–Kier alpha value is -2.46.